The zero-order valence-electron chi connectivity index (χ0n) is 20.5. The van der Waals surface area contributed by atoms with Gasteiger partial charge in [-0.05, 0) is 29.5 Å². The van der Waals surface area contributed by atoms with Gasteiger partial charge in [-0.2, -0.15) is 0 Å². The fraction of sp³-hybridized carbons (Fsp3) is 0.333. The lowest BCUT2D eigenvalue weighted by Gasteiger charge is -2.49. The van der Waals surface area contributed by atoms with Crippen LogP contribution in [0.3, 0.4) is 0 Å². The van der Waals surface area contributed by atoms with Gasteiger partial charge in [0.05, 0.1) is 12.2 Å². The van der Waals surface area contributed by atoms with Crippen molar-refractivity contribution in [3.8, 4) is 0 Å². The molecule has 212 valence electrons. The molecule has 17 nitrogen and oxygen atoms in total. The molecule has 3 N–H and O–H groups in total. The van der Waals surface area contributed by atoms with Gasteiger partial charge < -0.3 is 19.9 Å². The van der Waals surface area contributed by atoms with Gasteiger partial charge in [0.2, 0.25) is 5.91 Å². The smallest absolute Gasteiger partial charge is 0.421 e. The van der Waals surface area contributed by atoms with E-state index in [2.05, 4.69) is 25.6 Å². The van der Waals surface area contributed by atoms with E-state index < -0.39 is 74.0 Å². The standard InChI is InChI=1S/C21H21N7O10S2/c1-2-37-21(34)24-40(35,36)13-6-4-3-5-12(13)20(33)38-8-11-9-39-18-15(17(30)28(18)16(11)19(31)32)23-14(29)7-27-10-22-25-26-27/h3-6,10,15,18H,2,7-9H2,1H3,(H,23,29)(H,24,34)(H,31,32)/t15-,18-/m1/s1. The molecule has 1 aromatic heterocycles. The summed E-state index contributed by atoms with van der Waals surface area (Å²) in [5.41, 5.74) is -0.736. The van der Waals surface area contributed by atoms with E-state index in [1.165, 1.54) is 25.4 Å². The molecule has 0 spiro atoms. The molecule has 1 fully saturated rings. The van der Waals surface area contributed by atoms with Crippen LogP contribution in [0.1, 0.15) is 17.3 Å². The predicted molar refractivity (Wildman–Crippen MR) is 132 cm³/mol. The van der Waals surface area contributed by atoms with Crippen LogP contribution in [-0.4, -0.2) is 98.9 Å². The Kier molecular flexibility index (Phi) is 8.33. The number of amides is 3. The maximum atomic E-state index is 12.8. The minimum Gasteiger partial charge on any atom is -0.477 e. The highest BCUT2D eigenvalue weighted by Crippen LogP contribution is 2.40. The van der Waals surface area contributed by atoms with Gasteiger partial charge in [-0.3, -0.25) is 14.5 Å². The van der Waals surface area contributed by atoms with Crippen LogP contribution < -0.4 is 10.0 Å². The van der Waals surface area contributed by atoms with Crippen molar-refractivity contribution in [2.75, 3.05) is 19.0 Å². The van der Waals surface area contributed by atoms with E-state index in [1.54, 1.807) is 4.72 Å². The first kappa shape index (κ1) is 28.5. The maximum absolute atomic E-state index is 12.8. The van der Waals surface area contributed by atoms with Gasteiger partial charge in [0.1, 0.15) is 41.5 Å². The van der Waals surface area contributed by atoms with Crippen molar-refractivity contribution in [3.63, 3.8) is 0 Å². The molecule has 1 aromatic carbocycles. The second-order valence-electron chi connectivity index (χ2n) is 8.12. The van der Waals surface area contributed by atoms with Gasteiger partial charge in [-0.1, -0.05) is 12.1 Å². The molecule has 19 heteroatoms. The summed E-state index contributed by atoms with van der Waals surface area (Å²) in [5, 5.41) is 22.0. The molecule has 2 aromatic rings. The molecule has 0 unspecified atom stereocenters. The van der Waals surface area contributed by atoms with Crippen molar-refractivity contribution in [1.29, 1.82) is 0 Å². The molecule has 3 amide bonds. The molecular weight excluding hydrogens is 574 g/mol. The average molecular weight is 596 g/mol. The third-order valence-corrected chi connectivity index (χ3v) is 8.24. The Labute approximate surface area is 229 Å². The van der Waals surface area contributed by atoms with E-state index in [4.69, 9.17) is 4.74 Å². The number of sulfonamides is 1. The summed E-state index contributed by atoms with van der Waals surface area (Å²) in [5.74, 6) is -3.77. The third kappa shape index (κ3) is 5.88. The normalized spacial score (nSPS) is 18.3. The van der Waals surface area contributed by atoms with Crippen LogP contribution >= 0.6 is 11.8 Å². The van der Waals surface area contributed by atoms with Crippen LogP contribution in [0.15, 0.2) is 46.8 Å². The number of hydrogen-bond acceptors (Lipinski definition) is 13. The highest BCUT2D eigenvalue weighted by atomic mass is 32.2. The highest BCUT2D eigenvalue weighted by molar-refractivity contribution is 8.00. The maximum Gasteiger partial charge on any atom is 0.421 e. The molecular formula is C21H21N7O10S2. The second kappa shape index (κ2) is 11.7. The molecule has 2 aliphatic heterocycles. The lowest BCUT2D eigenvalue weighted by molar-refractivity contribution is -0.150. The first-order valence-corrected chi connectivity index (χ1v) is 13.9. The Hall–Kier alpha value is -4.52. The number of thioether (sulfide) groups is 1. The number of ether oxygens (including phenoxy) is 2. The number of carboxylic acids is 1. The van der Waals surface area contributed by atoms with E-state index in [0.29, 0.717) is 0 Å². The van der Waals surface area contributed by atoms with E-state index in [9.17, 15) is 37.5 Å². The number of benzene rings is 1. The number of nitrogens with one attached hydrogen (secondary N) is 2. The number of nitrogens with zero attached hydrogens (tertiary/aromatic N) is 5. The summed E-state index contributed by atoms with van der Waals surface area (Å²) in [6, 6.07) is 3.94. The van der Waals surface area contributed by atoms with Gasteiger partial charge in [0.25, 0.3) is 15.9 Å². The van der Waals surface area contributed by atoms with Crippen molar-refractivity contribution in [3.05, 3.63) is 47.4 Å². The van der Waals surface area contributed by atoms with Gasteiger partial charge >= 0.3 is 18.0 Å². The highest BCUT2D eigenvalue weighted by Gasteiger charge is 2.54. The minimum absolute atomic E-state index is 0.0348. The van der Waals surface area contributed by atoms with Gasteiger partial charge in [-0.15, -0.1) is 16.9 Å². The van der Waals surface area contributed by atoms with Gasteiger partial charge in [-0.25, -0.2) is 32.2 Å². The van der Waals surface area contributed by atoms with Crippen molar-refractivity contribution in [2.24, 2.45) is 0 Å². The first-order chi connectivity index (χ1) is 19.0. The minimum atomic E-state index is -4.51. The number of carbonyl (C=O) groups excluding carboxylic acids is 4. The van der Waals surface area contributed by atoms with Crippen LogP contribution in [0.5, 0.6) is 0 Å². The number of tetrazole rings is 1. The predicted octanol–water partition coefficient (Wildman–Crippen LogP) is -1.30. The summed E-state index contributed by atoms with van der Waals surface area (Å²) in [7, 11) is -4.51. The van der Waals surface area contributed by atoms with Crippen molar-refractivity contribution < 1.29 is 47.0 Å². The van der Waals surface area contributed by atoms with Gasteiger partial charge in [0.15, 0.2) is 0 Å². The van der Waals surface area contributed by atoms with Crippen LogP contribution in [0.2, 0.25) is 0 Å². The van der Waals surface area contributed by atoms with E-state index in [1.807, 2.05) is 0 Å². The summed E-state index contributed by atoms with van der Waals surface area (Å²) >= 11 is 1.14. The Morgan fingerprint density at radius 2 is 1.95 bits per heavy atom. The average Bonchev–Trinajstić information content (AvgIpc) is 3.42. The molecule has 0 saturated carbocycles. The summed E-state index contributed by atoms with van der Waals surface area (Å²) in [4.78, 5) is 62.0. The number of esters is 1. The van der Waals surface area contributed by atoms with Crippen LogP contribution in [0.25, 0.3) is 0 Å². The van der Waals surface area contributed by atoms with Crippen LogP contribution in [0.4, 0.5) is 4.79 Å². The zero-order chi connectivity index (χ0) is 29.0. The number of carboxylic acid groups (broad SMARTS) is 1. The number of carbonyl (C=O) groups is 5. The fourth-order valence-electron chi connectivity index (χ4n) is 3.84. The zero-order valence-corrected chi connectivity index (χ0v) is 22.2. The Morgan fingerprint density at radius 1 is 1.20 bits per heavy atom. The quantitative estimate of drug-likeness (QED) is 0.214. The SMILES string of the molecule is CCOC(=O)NS(=O)(=O)c1ccccc1C(=O)OCC1=C(C(=O)O)N2C(=O)[C@@H](NC(=O)Cn3cnnn3)[C@H]2SC1. The molecule has 0 radical (unpaired) electrons. The number of aliphatic carboxylic acids is 1. The molecule has 0 bridgehead atoms. The summed E-state index contributed by atoms with van der Waals surface area (Å²) < 4.78 is 37.8. The first-order valence-electron chi connectivity index (χ1n) is 11.4. The number of hydrogen-bond donors (Lipinski definition) is 3. The van der Waals surface area contributed by atoms with Crippen molar-refractivity contribution in [1.82, 2.24) is 35.1 Å². The number of aromatic nitrogens is 4. The Morgan fingerprint density at radius 3 is 2.62 bits per heavy atom. The van der Waals surface area contributed by atoms with E-state index in [0.717, 1.165) is 33.5 Å². The Bertz CT molecular complexity index is 1490. The largest absolute Gasteiger partial charge is 0.477 e. The van der Waals surface area contributed by atoms with Gasteiger partial charge in [0, 0.05) is 11.3 Å². The summed E-state index contributed by atoms with van der Waals surface area (Å²) in [6.07, 6.45) is -0.0206. The number of β-lactam (4-membered cyclic amide) rings is 1. The third-order valence-electron chi connectivity index (χ3n) is 5.53. The summed E-state index contributed by atoms with van der Waals surface area (Å²) in [6.45, 7) is 0.577. The molecule has 1 saturated heterocycles. The number of rotatable bonds is 10. The monoisotopic (exact) mass is 595 g/mol. The second-order valence-corrected chi connectivity index (χ2v) is 10.9. The Balaban J connectivity index is 1.46. The lowest BCUT2D eigenvalue weighted by Crippen LogP contribution is -2.70. The van der Waals surface area contributed by atoms with E-state index in [-0.39, 0.29) is 24.5 Å². The lowest BCUT2D eigenvalue weighted by atomic mass is 10.0. The molecule has 2 aliphatic rings. The van der Waals surface area contributed by atoms with E-state index >= 15 is 0 Å². The topological polar surface area (TPSA) is 229 Å². The molecule has 2 atom stereocenters. The van der Waals surface area contributed by atoms with Crippen LogP contribution in [-0.2, 0) is 40.4 Å². The van der Waals surface area contributed by atoms with Crippen molar-refractivity contribution in [2.45, 2.75) is 29.8 Å². The van der Waals surface area contributed by atoms with Crippen molar-refractivity contribution >= 4 is 51.6 Å². The molecule has 40 heavy (non-hydrogen) atoms. The molecule has 4 rings (SSSR count). The van der Waals surface area contributed by atoms with Crippen LogP contribution in [0, 0.1) is 0 Å². The molecule has 0 aliphatic carbocycles. The molecule has 3 heterocycles. The number of fused-ring (bicyclic) bond motifs is 1. The fourth-order valence-corrected chi connectivity index (χ4v) is 6.25.